The quantitative estimate of drug-likeness (QED) is 0.717. The van der Waals surface area contributed by atoms with Crippen molar-refractivity contribution in [2.45, 2.75) is 0 Å². The summed E-state index contributed by atoms with van der Waals surface area (Å²) in [5.41, 5.74) is 1.08. The van der Waals surface area contributed by atoms with Gasteiger partial charge in [-0.3, -0.25) is 0 Å². The van der Waals surface area contributed by atoms with Gasteiger partial charge in [-0.2, -0.15) is 0 Å². The Morgan fingerprint density at radius 2 is 1.89 bits per heavy atom. The van der Waals surface area contributed by atoms with Gasteiger partial charge in [-0.1, -0.05) is 18.2 Å². The third kappa shape index (κ3) is 4.77. The molecule has 1 N–H and O–H groups in total. The molecule has 1 rings (SSSR count). The molecular weight excluding hydrogens is 230 g/mol. The Bertz CT molecular complexity index is 377. The minimum absolute atomic E-state index is 0.726. The Balaban J connectivity index is 2.49. The molecule has 100 valence electrons. The molecule has 18 heavy (non-hydrogen) atoms. The van der Waals surface area contributed by atoms with Crippen LogP contribution in [0.3, 0.4) is 0 Å². The molecule has 0 radical (unpaired) electrons. The molecule has 0 atom stereocenters. The maximum Gasteiger partial charge on any atom is 0.161 e. The summed E-state index contributed by atoms with van der Waals surface area (Å²) in [5, 5.41) is 3.24. The third-order valence-corrected chi connectivity index (χ3v) is 2.46. The molecule has 0 amide bonds. The van der Waals surface area contributed by atoms with E-state index in [4.69, 9.17) is 14.2 Å². The van der Waals surface area contributed by atoms with E-state index in [1.54, 1.807) is 21.3 Å². The highest BCUT2D eigenvalue weighted by Crippen LogP contribution is 2.27. The van der Waals surface area contributed by atoms with E-state index in [-0.39, 0.29) is 0 Å². The predicted molar refractivity (Wildman–Crippen MR) is 73.3 cm³/mol. The van der Waals surface area contributed by atoms with Gasteiger partial charge in [0.25, 0.3) is 0 Å². The lowest BCUT2D eigenvalue weighted by molar-refractivity contribution is 0.200. The van der Waals surface area contributed by atoms with Crippen LogP contribution < -0.4 is 14.8 Å². The van der Waals surface area contributed by atoms with Crippen molar-refractivity contribution in [1.29, 1.82) is 0 Å². The van der Waals surface area contributed by atoms with E-state index in [1.807, 2.05) is 24.3 Å². The van der Waals surface area contributed by atoms with E-state index in [9.17, 15) is 0 Å². The number of rotatable bonds is 8. The van der Waals surface area contributed by atoms with Gasteiger partial charge in [0.15, 0.2) is 11.5 Å². The molecular formula is C14H21NO3. The van der Waals surface area contributed by atoms with Crippen molar-refractivity contribution >= 4 is 6.08 Å². The van der Waals surface area contributed by atoms with Crippen LogP contribution in [-0.2, 0) is 4.74 Å². The van der Waals surface area contributed by atoms with E-state index >= 15 is 0 Å². The van der Waals surface area contributed by atoms with Crippen LogP contribution in [0.2, 0.25) is 0 Å². The maximum absolute atomic E-state index is 5.25. The van der Waals surface area contributed by atoms with Crippen LogP contribution in [0.1, 0.15) is 5.56 Å². The number of nitrogens with one attached hydrogen (secondary N) is 1. The van der Waals surface area contributed by atoms with Crippen LogP contribution in [0.5, 0.6) is 11.5 Å². The van der Waals surface area contributed by atoms with Crippen LogP contribution in [-0.4, -0.2) is 41.0 Å². The van der Waals surface area contributed by atoms with Crippen LogP contribution in [0.4, 0.5) is 0 Å². The third-order valence-electron chi connectivity index (χ3n) is 2.46. The fourth-order valence-corrected chi connectivity index (χ4v) is 1.51. The SMILES string of the molecule is COCCNCC=Cc1ccc(OC)c(OC)c1. The highest BCUT2D eigenvalue weighted by atomic mass is 16.5. The first kappa shape index (κ1) is 14.5. The molecule has 0 heterocycles. The zero-order valence-electron chi connectivity index (χ0n) is 11.2. The summed E-state index contributed by atoms with van der Waals surface area (Å²) in [6.45, 7) is 2.40. The molecule has 4 heteroatoms. The first-order valence-corrected chi connectivity index (χ1v) is 5.90. The summed E-state index contributed by atoms with van der Waals surface area (Å²) in [7, 11) is 4.96. The Hall–Kier alpha value is -1.52. The van der Waals surface area contributed by atoms with Gasteiger partial charge in [-0.15, -0.1) is 0 Å². The van der Waals surface area contributed by atoms with E-state index < -0.39 is 0 Å². The van der Waals surface area contributed by atoms with Crippen molar-refractivity contribution in [3.63, 3.8) is 0 Å². The van der Waals surface area contributed by atoms with Crippen molar-refractivity contribution in [2.24, 2.45) is 0 Å². The Morgan fingerprint density at radius 3 is 2.56 bits per heavy atom. The first-order valence-electron chi connectivity index (χ1n) is 5.90. The summed E-state index contributed by atoms with van der Waals surface area (Å²) in [6, 6.07) is 5.84. The van der Waals surface area contributed by atoms with Crippen LogP contribution in [0.25, 0.3) is 6.08 Å². The first-order chi connectivity index (χ1) is 8.81. The molecule has 0 unspecified atom stereocenters. The molecule has 0 aliphatic rings. The van der Waals surface area contributed by atoms with Crippen molar-refractivity contribution in [3.8, 4) is 11.5 Å². The van der Waals surface area contributed by atoms with Gasteiger partial charge in [0.05, 0.1) is 20.8 Å². The molecule has 0 saturated heterocycles. The predicted octanol–water partition coefficient (Wildman–Crippen LogP) is 1.95. The summed E-state index contributed by atoms with van der Waals surface area (Å²) in [4.78, 5) is 0. The van der Waals surface area contributed by atoms with Crippen LogP contribution in [0.15, 0.2) is 24.3 Å². The second kappa shape index (κ2) is 8.55. The molecule has 1 aromatic carbocycles. The van der Waals surface area contributed by atoms with Crippen molar-refractivity contribution < 1.29 is 14.2 Å². The van der Waals surface area contributed by atoms with E-state index in [0.29, 0.717) is 0 Å². The van der Waals surface area contributed by atoms with Crippen molar-refractivity contribution in [1.82, 2.24) is 5.32 Å². The van der Waals surface area contributed by atoms with Crippen LogP contribution >= 0.6 is 0 Å². The fraction of sp³-hybridized carbons (Fsp3) is 0.429. The van der Waals surface area contributed by atoms with Gasteiger partial charge >= 0.3 is 0 Å². The Morgan fingerprint density at radius 1 is 1.11 bits per heavy atom. The largest absolute Gasteiger partial charge is 0.493 e. The molecule has 0 aromatic heterocycles. The monoisotopic (exact) mass is 251 g/mol. The normalized spacial score (nSPS) is 10.8. The van der Waals surface area contributed by atoms with E-state index in [1.165, 1.54) is 0 Å². The molecule has 1 aromatic rings. The van der Waals surface area contributed by atoms with E-state index in [2.05, 4.69) is 11.4 Å². The van der Waals surface area contributed by atoms with Gasteiger partial charge in [0, 0.05) is 20.2 Å². The zero-order chi connectivity index (χ0) is 13.2. The standard InChI is InChI=1S/C14H21NO3/c1-16-10-9-15-8-4-5-12-6-7-13(17-2)14(11-12)18-3/h4-7,11,15H,8-10H2,1-3H3. The molecule has 4 nitrogen and oxygen atoms in total. The minimum atomic E-state index is 0.726. The fourth-order valence-electron chi connectivity index (χ4n) is 1.51. The topological polar surface area (TPSA) is 39.7 Å². The molecule has 0 saturated carbocycles. The number of benzene rings is 1. The van der Waals surface area contributed by atoms with Gasteiger partial charge in [0.1, 0.15) is 0 Å². The second-order valence-electron chi connectivity index (χ2n) is 3.71. The smallest absolute Gasteiger partial charge is 0.161 e. The highest BCUT2D eigenvalue weighted by molar-refractivity contribution is 5.55. The maximum atomic E-state index is 5.25. The summed E-state index contributed by atoms with van der Waals surface area (Å²) >= 11 is 0. The molecule has 0 fully saturated rings. The molecule has 0 bridgehead atoms. The van der Waals surface area contributed by atoms with Gasteiger partial charge in [0.2, 0.25) is 0 Å². The molecule has 0 spiro atoms. The molecule has 0 aliphatic heterocycles. The van der Waals surface area contributed by atoms with Crippen molar-refractivity contribution in [2.75, 3.05) is 41.0 Å². The highest BCUT2D eigenvalue weighted by Gasteiger charge is 2.02. The second-order valence-corrected chi connectivity index (χ2v) is 3.71. The lowest BCUT2D eigenvalue weighted by atomic mass is 10.2. The van der Waals surface area contributed by atoms with Crippen LogP contribution in [0, 0.1) is 0 Å². The van der Waals surface area contributed by atoms with Gasteiger partial charge < -0.3 is 19.5 Å². The van der Waals surface area contributed by atoms with Gasteiger partial charge in [-0.05, 0) is 17.7 Å². The number of hydrogen-bond acceptors (Lipinski definition) is 4. The summed E-state index contributed by atoms with van der Waals surface area (Å²) in [6.07, 6.45) is 4.11. The average Bonchev–Trinajstić information content (AvgIpc) is 2.42. The van der Waals surface area contributed by atoms with Gasteiger partial charge in [-0.25, -0.2) is 0 Å². The van der Waals surface area contributed by atoms with Crippen molar-refractivity contribution in [3.05, 3.63) is 29.8 Å². The number of ether oxygens (including phenoxy) is 3. The zero-order valence-corrected chi connectivity index (χ0v) is 11.2. The Kier molecular flexibility index (Phi) is 6.91. The van der Waals surface area contributed by atoms with E-state index in [0.717, 1.165) is 36.8 Å². The minimum Gasteiger partial charge on any atom is -0.493 e. The molecule has 0 aliphatic carbocycles. The summed E-state index contributed by atoms with van der Waals surface area (Å²) in [5.74, 6) is 1.49. The lowest BCUT2D eigenvalue weighted by Crippen LogP contribution is -2.18. The average molecular weight is 251 g/mol. The lowest BCUT2D eigenvalue weighted by Gasteiger charge is -2.07. The summed E-state index contributed by atoms with van der Waals surface area (Å²) < 4.78 is 15.4. The number of methoxy groups -OCH3 is 3. The Labute approximate surface area is 109 Å². The number of hydrogen-bond donors (Lipinski definition) is 1.